The summed E-state index contributed by atoms with van der Waals surface area (Å²) in [6.07, 6.45) is 2.03. The van der Waals surface area contributed by atoms with E-state index in [1.807, 2.05) is 30.3 Å². The fourth-order valence-corrected chi connectivity index (χ4v) is 4.28. The van der Waals surface area contributed by atoms with E-state index in [4.69, 9.17) is 4.74 Å². The van der Waals surface area contributed by atoms with E-state index in [-0.39, 0.29) is 5.91 Å². The maximum atomic E-state index is 12.7. The van der Waals surface area contributed by atoms with Crippen molar-refractivity contribution in [2.45, 2.75) is 12.8 Å². The minimum atomic E-state index is -0.0867. The van der Waals surface area contributed by atoms with Gasteiger partial charge in [0.15, 0.2) is 0 Å². The van der Waals surface area contributed by atoms with Gasteiger partial charge in [-0.15, -0.1) is 11.3 Å². The van der Waals surface area contributed by atoms with E-state index in [0.717, 1.165) is 17.7 Å². The first-order chi connectivity index (χ1) is 11.8. The molecule has 2 aromatic carbocycles. The van der Waals surface area contributed by atoms with E-state index >= 15 is 0 Å². The molecular weight excluding hydrogens is 318 g/mol. The molecule has 1 aliphatic carbocycles. The van der Waals surface area contributed by atoms with Gasteiger partial charge in [-0.1, -0.05) is 36.4 Å². The number of nitrogens with one attached hydrogen (secondary N) is 1. The van der Waals surface area contributed by atoms with Gasteiger partial charge in [0.25, 0.3) is 5.91 Å². The second-order valence-electron chi connectivity index (χ2n) is 5.78. The maximum absolute atomic E-state index is 12.7. The number of anilines is 1. The summed E-state index contributed by atoms with van der Waals surface area (Å²) in [5.74, 6) is 0.578. The number of ether oxygens (including phenoxy) is 1. The van der Waals surface area contributed by atoms with Crippen LogP contribution >= 0.6 is 11.3 Å². The Kier molecular flexibility index (Phi) is 3.82. The van der Waals surface area contributed by atoms with Crippen molar-refractivity contribution in [3.63, 3.8) is 0 Å². The minimum Gasteiger partial charge on any atom is -0.495 e. The lowest BCUT2D eigenvalue weighted by molar-refractivity contribution is 0.103. The second kappa shape index (κ2) is 6.13. The molecule has 1 N–H and O–H groups in total. The summed E-state index contributed by atoms with van der Waals surface area (Å²) in [5.41, 5.74) is 4.59. The topological polar surface area (TPSA) is 38.3 Å². The average molecular weight is 335 g/mol. The van der Waals surface area contributed by atoms with Crippen LogP contribution in [-0.2, 0) is 12.8 Å². The number of carbonyl (C=O) groups excluding carboxylic acids is 1. The number of methoxy groups -OCH3 is 1. The lowest BCUT2D eigenvalue weighted by Gasteiger charge is -2.15. The molecule has 0 bridgehead atoms. The van der Waals surface area contributed by atoms with E-state index < -0.39 is 0 Å². The van der Waals surface area contributed by atoms with Crippen molar-refractivity contribution in [3.8, 4) is 16.2 Å². The number of fused-ring (bicyclic) bond motifs is 3. The lowest BCUT2D eigenvalue weighted by atomic mass is 9.91. The molecule has 0 saturated carbocycles. The molecule has 0 radical (unpaired) electrons. The van der Waals surface area contributed by atoms with Gasteiger partial charge >= 0.3 is 0 Å². The number of aryl methyl sites for hydroxylation is 2. The molecule has 0 fully saturated rings. The molecule has 3 aromatic rings. The van der Waals surface area contributed by atoms with E-state index in [9.17, 15) is 4.79 Å². The van der Waals surface area contributed by atoms with Gasteiger partial charge in [0, 0.05) is 4.88 Å². The van der Waals surface area contributed by atoms with Crippen LogP contribution in [0.15, 0.2) is 54.6 Å². The Labute approximate surface area is 144 Å². The summed E-state index contributed by atoms with van der Waals surface area (Å²) in [6.45, 7) is 0. The molecule has 3 nitrogen and oxygen atoms in total. The van der Waals surface area contributed by atoms with Gasteiger partial charge in [-0.2, -0.15) is 0 Å². The number of amides is 1. The highest BCUT2D eigenvalue weighted by atomic mass is 32.1. The highest BCUT2D eigenvalue weighted by Crippen LogP contribution is 2.39. The first-order valence-electron chi connectivity index (χ1n) is 7.91. The van der Waals surface area contributed by atoms with Crippen LogP contribution in [0.3, 0.4) is 0 Å². The molecule has 0 unspecified atom stereocenters. The summed E-state index contributed by atoms with van der Waals surface area (Å²) in [6, 6.07) is 17.9. The zero-order valence-electron chi connectivity index (χ0n) is 13.3. The van der Waals surface area contributed by atoms with Crippen molar-refractivity contribution >= 4 is 22.9 Å². The summed E-state index contributed by atoms with van der Waals surface area (Å²) < 4.78 is 5.30. The fraction of sp³-hybridized carbons (Fsp3) is 0.150. The smallest absolute Gasteiger partial charge is 0.265 e. The third-order valence-electron chi connectivity index (χ3n) is 4.31. The van der Waals surface area contributed by atoms with Crippen molar-refractivity contribution in [2.75, 3.05) is 12.4 Å². The van der Waals surface area contributed by atoms with Crippen molar-refractivity contribution in [3.05, 3.63) is 70.6 Å². The van der Waals surface area contributed by atoms with Crippen LogP contribution < -0.4 is 10.1 Å². The molecule has 120 valence electrons. The maximum Gasteiger partial charge on any atom is 0.265 e. The Balaban J connectivity index is 1.65. The number of hydrogen-bond donors (Lipinski definition) is 1. The van der Waals surface area contributed by atoms with Gasteiger partial charge in [0.05, 0.1) is 17.7 Å². The molecule has 24 heavy (non-hydrogen) atoms. The summed E-state index contributed by atoms with van der Waals surface area (Å²) >= 11 is 1.57. The molecule has 4 rings (SSSR count). The molecule has 0 atom stereocenters. The number of para-hydroxylation sites is 2. The van der Waals surface area contributed by atoms with Crippen LogP contribution in [0.1, 0.15) is 20.8 Å². The molecule has 1 heterocycles. The van der Waals surface area contributed by atoms with Crippen LogP contribution in [-0.4, -0.2) is 13.0 Å². The van der Waals surface area contributed by atoms with Gasteiger partial charge in [-0.3, -0.25) is 4.79 Å². The van der Waals surface area contributed by atoms with E-state index in [0.29, 0.717) is 11.4 Å². The van der Waals surface area contributed by atoms with Crippen molar-refractivity contribution < 1.29 is 9.53 Å². The van der Waals surface area contributed by atoms with Crippen LogP contribution in [0.2, 0.25) is 0 Å². The SMILES string of the molecule is COc1ccccc1NC(=O)c1cc2c(s1)-c1ccccc1CC2. The monoisotopic (exact) mass is 335 g/mol. The average Bonchev–Trinajstić information content (AvgIpc) is 3.07. The molecule has 4 heteroatoms. The predicted molar refractivity (Wildman–Crippen MR) is 98.1 cm³/mol. The highest BCUT2D eigenvalue weighted by Gasteiger charge is 2.21. The molecular formula is C20H17NO2S. The van der Waals surface area contributed by atoms with Crippen LogP contribution in [0.25, 0.3) is 10.4 Å². The number of rotatable bonds is 3. The minimum absolute atomic E-state index is 0.0867. The standard InChI is InChI=1S/C20H17NO2S/c1-23-17-9-5-4-8-16(17)21-20(22)18-12-14-11-10-13-6-2-3-7-15(13)19(14)24-18/h2-9,12H,10-11H2,1H3,(H,21,22). The van der Waals surface area contributed by atoms with Gasteiger partial charge in [-0.25, -0.2) is 0 Å². The number of carbonyl (C=O) groups is 1. The summed E-state index contributed by atoms with van der Waals surface area (Å²) in [7, 11) is 1.60. The van der Waals surface area contributed by atoms with E-state index in [1.165, 1.54) is 21.6 Å². The number of thiophene rings is 1. The van der Waals surface area contributed by atoms with Crippen LogP contribution in [0.4, 0.5) is 5.69 Å². The van der Waals surface area contributed by atoms with Gasteiger partial charge in [0.1, 0.15) is 5.75 Å². The Hall–Kier alpha value is -2.59. The van der Waals surface area contributed by atoms with E-state index in [1.54, 1.807) is 18.4 Å². The van der Waals surface area contributed by atoms with Crippen molar-refractivity contribution in [1.29, 1.82) is 0 Å². The fourth-order valence-electron chi connectivity index (χ4n) is 3.12. The largest absolute Gasteiger partial charge is 0.495 e. The quantitative estimate of drug-likeness (QED) is 0.748. The zero-order valence-corrected chi connectivity index (χ0v) is 14.2. The molecule has 1 aliphatic rings. The second-order valence-corrected chi connectivity index (χ2v) is 6.83. The zero-order chi connectivity index (χ0) is 16.5. The normalized spacial score (nSPS) is 12.2. The van der Waals surface area contributed by atoms with Crippen molar-refractivity contribution in [1.82, 2.24) is 0 Å². The highest BCUT2D eigenvalue weighted by molar-refractivity contribution is 7.17. The Bertz CT molecular complexity index is 914. The molecule has 1 amide bonds. The Morgan fingerprint density at radius 1 is 1.04 bits per heavy atom. The molecule has 0 saturated heterocycles. The Morgan fingerprint density at radius 3 is 2.67 bits per heavy atom. The first-order valence-corrected chi connectivity index (χ1v) is 8.73. The third-order valence-corrected chi connectivity index (χ3v) is 5.52. The molecule has 0 aliphatic heterocycles. The van der Waals surface area contributed by atoms with Crippen molar-refractivity contribution in [2.24, 2.45) is 0 Å². The number of hydrogen-bond acceptors (Lipinski definition) is 3. The first kappa shape index (κ1) is 15.0. The van der Waals surface area contributed by atoms with Gasteiger partial charge < -0.3 is 10.1 Å². The summed E-state index contributed by atoms with van der Waals surface area (Å²) in [4.78, 5) is 14.6. The van der Waals surface area contributed by atoms with E-state index in [2.05, 4.69) is 29.6 Å². The van der Waals surface area contributed by atoms with Crippen LogP contribution in [0.5, 0.6) is 5.75 Å². The van der Waals surface area contributed by atoms with Gasteiger partial charge in [-0.05, 0) is 47.7 Å². The number of benzene rings is 2. The predicted octanol–water partition coefficient (Wildman–Crippen LogP) is 4.77. The lowest BCUT2D eigenvalue weighted by Crippen LogP contribution is -2.11. The Morgan fingerprint density at radius 2 is 1.79 bits per heavy atom. The summed E-state index contributed by atoms with van der Waals surface area (Å²) in [5, 5.41) is 2.96. The molecule has 0 spiro atoms. The third kappa shape index (κ3) is 2.59. The van der Waals surface area contributed by atoms with Gasteiger partial charge in [0.2, 0.25) is 0 Å². The van der Waals surface area contributed by atoms with Crippen LogP contribution in [0, 0.1) is 0 Å². The molecule has 1 aromatic heterocycles.